The molecular weight excluding hydrogens is 388 g/mol. The highest BCUT2D eigenvalue weighted by molar-refractivity contribution is 7.89. The maximum atomic E-state index is 12.9. The van der Waals surface area contributed by atoms with E-state index in [2.05, 4.69) is 10.2 Å². The summed E-state index contributed by atoms with van der Waals surface area (Å²) in [4.78, 5) is 0.180. The van der Waals surface area contributed by atoms with Crippen molar-refractivity contribution in [1.82, 2.24) is 18.9 Å². The summed E-state index contributed by atoms with van der Waals surface area (Å²) in [5, 5.41) is 8.78. The highest BCUT2D eigenvalue weighted by Crippen LogP contribution is 2.32. The van der Waals surface area contributed by atoms with Gasteiger partial charge in [0, 0.05) is 25.2 Å². The zero-order valence-corrected chi connectivity index (χ0v) is 16.3. The van der Waals surface area contributed by atoms with Crippen LogP contribution in [0.25, 0.3) is 5.65 Å². The molecule has 0 spiro atoms. The van der Waals surface area contributed by atoms with E-state index < -0.39 is 10.0 Å². The van der Waals surface area contributed by atoms with Crippen LogP contribution in [0.4, 0.5) is 0 Å². The number of halogens is 1. The summed E-state index contributed by atoms with van der Waals surface area (Å²) >= 11 is 6.09. The highest BCUT2D eigenvalue weighted by atomic mass is 35.5. The summed E-state index contributed by atoms with van der Waals surface area (Å²) in [7, 11) is -2.10. The number of hydrogen-bond donors (Lipinski definition) is 0. The van der Waals surface area contributed by atoms with Gasteiger partial charge in [0.15, 0.2) is 5.65 Å². The Labute approximate surface area is 162 Å². The minimum absolute atomic E-state index is 0.174. The lowest BCUT2D eigenvalue weighted by atomic mass is 9.97. The predicted octanol–water partition coefficient (Wildman–Crippen LogP) is 2.96. The van der Waals surface area contributed by atoms with Crippen molar-refractivity contribution in [3.8, 4) is 5.75 Å². The smallest absolute Gasteiger partial charge is 0.243 e. The third-order valence-corrected chi connectivity index (χ3v) is 7.11. The molecule has 142 valence electrons. The molecule has 4 rings (SSSR count). The molecule has 1 saturated heterocycles. The van der Waals surface area contributed by atoms with Crippen molar-refractivity contribution in [1.29, 1.82) is 0 Å². The van der Waals surface area contributed by atoms with Gasteiger partial charge in [-0.3, -0.25) is 4.40 Å². The number of benzene rings is 1. The number of nitrogens with zero attached hydrogens (tertiary/aromatic N) is 4. The van der Waals surface area contributed by atoms with Gasteiger partial charge in [0.1, 0.15) is 11.6 Å². The fourth-order valence-electron chi connectivity index (χ4n) is 3.45. The Balaban J connectivity index is 1.52. The van der Waals surface area contributed by atoms with Gasteiger partial charge < -0.3 is 4.74 Å². The molecule has 0 bridgehead atoms. The molecule has 7 nitrogen and oxygen atoms in total. The standard InChI is InChI=1S/C18H19ClN4O3S/c1-26-16-6-5-14(12-15(16)19)27(24,25)22-10-7-13(8-11-22)18-21-20-17-4-2-3-9-23(17)18/h2-6,9,12-13H,7-8,10-11H2,1H3. The van der Waals surface area contributed by atoms with E-state index in [4.69, 9.17) is 16.3 Å². The van der Waals surface area contributed by atoms with Gasteiger partial charge in [-0.2, -0.15) is 4.31 Å². The monoisotopic (exact) mass is 406 g/mol. The van der Waals surface area contributed by atoms with Crippen molar-refractivity contribution in [3.63, 3.8) is 0 Å². The van der Waals surface area contributed by atoms with Crippen LogP contribution in [0.1, 0.15) is 24.6 Å². The average Bonchev–Trinajstić information content (AvgIpc) is 3.12. The number of fused-ring (bicyclic) bond motifs is 1. The van der Waals surface area contributed by atoms with Crippen LogP contribution in [0.2, 0.25) is 5.02 Å². The quantitative estimate of drug-likeness (QED) is 0.665. The minimum atomic E-state index is -3.59. The molecule has 27 heavy (non-hydrogen) atoms. The molecule has 2 aromatic heterocycles. The molecule has 3 heterocycles. The van der Waals surface area contributed by atoms with Gasteiger partial charge in [-0.05, 0) is 43.2 Å². The van der Waals surface area contributed by atoms with E-state index in [-0.39, 0.29) is 15.8 Å². The van der Waals surface area contributed by atoms with Gasteiger partial charge in [-0.1, -0.05) is 17.7 Å². The summed E-state index contributed by atoms with van der Waals surface area (Å²) in [5.74, 6) is 1.51. The summed E-state index contributed by atoms with van der Waals surface area (Å²) in [6.45, 7) is 0.858. The molecule has 0 N–H and O–H groups in total. The van der Waals surface area contributed by atoms with E-state index in [0.717, 1.165) is 11.5 Å². The molecule has 0 radical (unpaired) electrons. The first kappa shape index (κ1) is 18.2. The van der Waals surface area contributed by atoms with Crippen molar-refractivity contribution < 1.29 is 13.2 Å². The maximum Gasteiger partial charge on any atom is 0.243 e. The number of sulfonamides is 1. The van der Waals surface area contributed by atoms with Gasteiger partial charge in [-0.15, -0.1) is 10.2 Å². The Morgan fingerprint density at radius 3 is 2.63 bits per heavy atom. The van der Waals surface area contributed by atoms with Gasteiger partial charge in [0.2, 0.25) is 10.0 Å². The fourth-order valence-corrected chi connectivity index (χ4v) is 5.27. The molecule has 0 amide bonds. The zero-order chi connectivity index (χ0) is 19.0. The Morgan fingerprint density at radius 1 is 1.15 bits per heavy atom. The largest absolute Gasteiger partial charge is 0.495 e. The molecule has 0 saturated carbocycles. The number of piperidine rings is 1. The summed E-state index contributed by atoms with van der Waals surface area (Å²) in [6, 6.07) is 10.3. The maximum absolute atomic E-state index is 12.9. The number of rotatable bonds is 4. The summed E-state index contributed by atoms with van der Waals surface area (Å²) < 4.78 is 34.4. The Bertz CT molecular complexity index is 1080. The fraction of sp³-hybridized carbons (Fsp3) is 0.333. The van der Waals surface area contributed by atoms with E-state index >= 15 is 0 Å². The SMILES string of the molecule is COc1ccc(S(=O)(=O)N2CCC(c3nnc4ccccn34)CC2)cc1Cl. The van der Waals surface area contributed by atoms with Crippen molar-refractivity contribution in [2.75, 3.05) is 20.2 Å². The van der Waals surface area contributed by atoms with Crippen molar-refractivity contribution in [2.45, 2.75) is 23.7 Å². The van der Waals surface area contributed by atoms with Crippen molar-refractivity contribution >= 4 is 27.3 Å². The number of ether oxygens (including phenoxy) is 1. The number of hydrogen-bond acceptors (Lipinski definition) is 5. The average molecular weight is 407 g/mol. The number of pyridine rings is 1. The van der Waals surface area contributed by atoms with E-state index in [0.29, 0.717) is 31.7 Å². The lowest BCUT2D eigenvalue weighted by Gasteiger charge is -2.30. The second-order valence-electron chi connectivity index (χ2n) is 6.46. The molecule has 1 aliphatic rings. The van der Waals surface area contributed by atoms with Gasteiger partial charge in [-0.25, -0.2) is 8.42 Å². The number of methoxy groups -OCH3 is 1. The van der Waals surface area contributed by atoms with E-state index in [1.54, 1.807) is 6.07 Å². The van der Waals surface area contributed by atoms with Crippen molar-refractivity contribution in [2.24, 2.45) is 0 Å². The topological polar surface area (TPSA) is 76.8 Å². The van der Waals surface area contributed by atoms with E-state index in [1.807, 2.05) is 28.8 Å². The van der Waals surface area contributed by atoms with Crippen molar-refractivity contribution in [3.05, 3.63) is 53.4 Å². The summed E-state index contributed by atoms with van der Waals surface area (Å²) in [6.07, 6.45) is 3.32. The Morgan fingerprint density at radius 2 is 1.93 bits per heavy atom. The van der Waals surface area contributed by atoms with Crippen LogP contribution in [0.15, 0.2) is 47.5 Å². The predicted molar refractivity (Wildman–Crippen MR) is 102 cm³/mol. The highest BCUT2D eigenvalue weighted by Gasteiger charge is 2.32. The number of aromatic nitrogens is 3. The molecule has 1 aliphatic heterocycles. The van der Waals surface area contributed by atoms with Gasteiger partial charge in [0.05, 0.1) is 17.0 Å². The van der Waals surface area contributed by atoms with Crippen LogP contribution in [0, 0.1) is 0 Å². The zero-order valence-electron chi connectivity index (χ0n) is 14.7. The van der Waals surface area contributed by atoms with Crippen LogP contribution in [0.3, 0.4) is 0 Å². The van der Waals surface area contributed by atoms with Gasteiger partial charge >= 0.3 is 0 Å². The molecular formula is C18H19ClN4O3S. The lowest BCUT2D eigenvalue weighted by Crippen LogP contribution is -2.38. The van der Waals surface area contributed by atoms with E-state index in [1.165, 1.54) is 23.5 Å². The molecule has 0 unspecified atom stereocenters. The Hall–Kier alpha value is -2.16. The van der Waals surface area contributed by atoms with Crippen LogP contribution in [0.5, 0.6) is 5.75 Å². The van der Waals surface area contributed by atoms with Gasteiger partial charge in [0.25, 0.3) is 0 Å². The van der Waals surface area contributed by atoms with Crippen LogP contribution in [-0.2, 0) is 10.0 Å². The second-order valence-corrected chi connectivity index (χ2v) is 8.81. The normalized spacial score (nSPS) is 16.7. The lowest BCUT2D eigenvalue weighted by molar-refractivity contribution is 0.312. The first-order chi connectivity index (χ1) is 13.0. The van der Waals surface area contributed by atoms with E-state index in [9.17, 15) is 8.42 Å². The van der Waals surface area contributed by atoms with Crippen LogP contribution < -0.4 is 4.74 Å². The first-order valence-corrected chi connectivity index (χ1v) is 10.5. The molecule has 1 aromatic carbocycles. The molecule has 0 aliphatic carbocycles. The van der Waals surface area contributed by atoms with Crippen LogP contribution >= 0.6 is 11.6 Å². The first-order valence-electron chi connectivity index (χ1n) is 8.64. The molecule has 1 fully saturated rings. The Kier molecular flexibility index (Phi) is 4.79. The minimum Gasteiger partial charge on any atom is -0.495 e. The van der Waals surface area contributed by atoms with Crippen LogP contribution in [-0.4, -0.2) is 47.5 Å². The molecule has 3 aromatic rings. The molecule has 9 heteroatoms. The summed E-state index contributed by atoms with van der Waals surface area (Å²) in [5.41, 5.74) is 0.801. The third-order valence-electron chi connectivity index (χ3n) is 4.92. The molecule has 0 atom stereocenters. The third kappa shape index (κ3) is 3.28. The second kappa shape index (κ2) is 7.10.